The van der Waals surface area contributed by atoms with Gasteiger partial charge in [0.1, 0.15) is 11.6 Å². The summed E-state index contributed by atoms with van der Waals surface area (Å²) in [6.07, 6.45) is 2.15. The van der Waals surface area contributed by atoms with Crippen LogP contribution in [0.4, 0.5) is 19.0 Å². The van der Waals surface area contributed by atoms with Crippen LogP contribution in [0.15, 0.2) is 65.8 Å². The summed E-state index contributed by atoms with van der Waals surface area (Å²) < 4.78 is 42.1. The highest BCUT2D eigenvalue weighted by Gasteiger charge is 2.34. The lowest BCUT2D eigenvalue weighted by molar-refractivity contribution is -0.140. The normalized spacial score (nSPS) is 14.1. The van der Waals surface area contributed by atoms with Crippen molar-refractivity contribution in [3.05, 3.63) is 82.8 Å². The molecule has 0 aliphatic carbocycles. The fourth-order valence-corrected chi connectivity index (χ4v) is 4.95. The highest BCUT2D eigenvalue weighted by molar-refractivity contribution is 5.82. The van der Waals surface area contributed by atoms with Crippen molar-refractivity contribution in [2.24, 2.45) is 7.05 Å². The van der Waals surface area contributed by atoms with E-state index in [0.717, 1.165) is 54.8 Å². The molecule has 5 heterocycles. The van der Waals surface area contributed by atoms with E-state index in [2.05, 4.69) is 24.8 Å². The number of benzene rings is 1. The first-order valence-corrected chi connectivity index (χ1v) is 12.3. The summed E-state index contributed by atoms with van der Waals surface area (Å²) in [6, 6.07) is 12.8. The van der Waals surface area contributed by atoms with E-state index < -0.39 is 11.9 Å². The second kappa shape index (κ2) is 9.16. The molecular weight excluding hydrogens is 495 g/mol. The van der Waals surface area contributed by atoms with Crippen LogP contribution in [-0.2, 0) is 19.8 Å². The van der Waals surface area contributed by atoms with Crippen LogP contribution < -0.4 is 10.6 Å². The van der Waals surface area contributed by atoms with Crippen LogP contribution in [0.1, 0.15) is 24.1 Å². The Kier molecular flexibility index (Phi) is 5.77. The molecule has 0 spiro atoms. The molecule has 0 saturated carbocycles. The van der Waals surface area contributed by atoms with Gasteiger partial charge in [-0.25, -0.2) is 14.8 Å². The van der Waals surface area contributed by atoms with Crippen molar-refractivity contribution in [1.29, 1.82) is 0 Å². The summed E-state index contributed by atoms with van der Waals surface area (Å²) in [4.78, 5) is 30.9. The molecule has 1 saturated heterocycles. The predicted molar refractivity (Wildman–Crippen MR) is 138 cm³/mol. The van der Waals surface area contributed by atoms with Gasteiger partial charge in [0.25, 0.3) is 0 Å². The number of imidazole rings is 2. The van der Waals surface area contributed by atoms with E-state index in [1.165, 1.54) is 11.6 Å². The molecule has 8 nitrogen and oxygen atoms in total. The zero-order chi connectivity index (χ0) is 26.4. The monoisotopic (exact) mass is 519 g/mol. The van der Waals surface area contributed by atoms with Gasteiger partial charge >= 0.3 is 11.9 Å². The van der Waals surface area contributed by atoms with Gasteiger partial charge in [-0.3, -0.25) is 9.55 Å². The van der Waals surface area contributed by atoms with Crippen molar-refractivity contribution in [2.45, 2.75) is 25.6 Å². The highest BCUT2D eigenvalue weighted by atomic mass is 19.4. The van der Waals surface area contributed by atoms with Crippen molar-refractivity contribution < 1.29 is 13.2 Å². The lowest BCUT2D eigenvalue weighted by atomic mass is 10.1. The molecule has 194 valence electrons. The van der Waals surface area contributed by atoms with E-state index in [4.69, 9.17) is 0 Å². The topological polar surface area (TPSA) is 84.6 Å². The number of nitrogens with one attached hydrogen (secondary N) is 1. The third-order valence-corrected chi connectivity index (χ3v) is 6.85. The van der Waals surface area contributed by atoms with Crippen molar-refractivity contribution in [3.63, 3.8) is 0 Å². The number of alkyl halides is 3. The number of H-pyrrole nitrogens is 1. The number of aromatic amines is 1. The third kappa shape index (κ3) is 4.33. The van der Waals surface area contributed by atoms with E-state index >= 15 is 0 Å². The molecular formula is C27H24F3N7O. The van der Waals surface area contributed by atoms with Gasteiger partial charge in [-0.1, -0.05) is 24.3 Å². The lowest BCUT2D eigenvalue weighted by Gasteiger charge is -2.19. The number of rotatable bonds is 5. The van der Waals surface area contributed by atoms with Crippen LogP contribution in [0, 0.1) is 0 Å². The van der Waals surface area contributed by atoms with Crippen LogP contribution in [0.5, 0.6) is 0 Å². The smallest absolute Gasteiger partial charge is 0.356 e. The molecule has 0 amide bonds. The van der Waals surface area contributed by atoms with Gasteiger partial charge in [0.2, 0.25) is 0 Å². The third-order valence-electron chi connectivity index (χ3n) is 6.85. The van der Waals surface area contributed by atoms with E-state index in [0.29, 0.717) is 16.6 Å². The second-order valence-corrected chi connectivity index (χ2v) is 9.43. The van der Waals surface area contributed by atoms with Crippen LogP contribution >= 0.6 is 0 Å². The van der Waals surface area contributed by atoms with Crippen molar-refractivity contribution in [1.82, 2.24) is 29.1 Å². The van der Waals surface area contributed by atoms with Crippen LogP contribution in [-0.4, -0.2) is 42.2 Å². The summed E-state index contributed by atoms with van der Waals surface area (Å²) in [5.74, 6) is 1.11. The Bertz CT molecular complexity index is 1680. The Hall–Kier alpha value is -4.41. The molecule has 0 bridgehead atoms. The zero-order valence-corrected chi connectivity index (χ0v) is 20.5. The minimum Gasteiger partial charge on any atom is -0.356 e. The molecule has 0 radical (unpaired) electrons. The van der Waals surface area contributed by atoms with Crippen molar-refractivity contribution >= 4 is 16.9 Å². The van der Waals surface area contributed by atoms with Crippen LogP contribution in [0.2, 0.25) is 0 Å². The fourth-order valence-electron chi connectivity index (χ4n) is 4.95. The van der Waals surface area contributed by atoms with Gasteiger partial charge in [-0.15, -0.1) is 0 Å². The van der Waals surface area contributed by atoms with Gasteiger partial charge in [-0.05, 0) is 36.6 Å². The number of nitrogens with zero attached hydrogens (tertiary/aromatic N) is 6. The number of aromatic nitrogens is 6. The molecule has 1 N–H and O–H groups in total. The zero-order valence-electron chi connectivity index (χ0n) is 20.5. The molecule has 4 aromatic heterocycles. The van der Waals surface area contributed by atoms with Gasteiger partial charge < -0.3 is 14.5 Å². The molecule has 1 aliphatic rings. The quantitative estimate of drug-likeness (QED) is 0.359. The van der Waals surface area contributed by atoms with E-state index in [1.54, 1.807) is 41.2 Å². The Labute approximate surface area is 215 Å². The maximum absolute atomic E-state index is 13.1. The molecule has 6 rings (SSSR count). The van der Waals surface area contributed by atoms with Crippen LogP contribution in [0.25, 0.3) is 33.7 Å². The minimum atomic E-state index is -4.51. The van der Waals surface area contributed by atoms with E-state index in [-0.39, 0.29) is 18.1 Å². The first kappa shape index (κ1) is 24.0. The number of anilines is 1. The van der Waals surface area contributed by atoms with Gasteiger partial charge in [0.15, 0.2) is 5.69 Å². The van der Waals surface area contributed by atoms with E-state index in [1.807, 2.05) is 18.2 Å². The summed E-state index contributed by atoms with van der Waals surface area (Å²) >= 11 is 0. The standard InChI is InChI=1S/C27H24F3N7O/c1-35-16-23(27(28,29)30)34-24(35)18-8-6-17(7-9-18)15-37-22-13-20(32-14-21(22)33-26(37)38)19-5-4-10-31-25(19)36-11-2-3-12-36/h4-10,13-14,16H,2-3,11-12,15H2,1H3,(H,33,38). The predicted octanol–water partition coefficient (Wildman–Crippen LogP) is 4.85. The Morgan fingerprint density at radius 3 is 2.53 bits per heavy atom. The van der Waals surface area contributed by atoms with E-state index in [9.17, 15) is 18.0 Å². The molecule has 1 aromatic carbocycles. The maximum Gasteiger partial charge on any atom is 0.434 e. The largest absolute Gasteiger partial charge is 0.434 e. The second-order valence-electron chi connectivity index (χ2n) is 9.43. The number of aryl methyl sites for hydroxylation is 1. The number of hydrogen-bond donors (Lipinski definition) is 1. The Morgan fingerprint density at radius 1 is 1.05 bits per heavy atom. The SMILES string of the molecule is Cn1cc(C(F)(F)F)nc1-c1ccc(Cn2c(=O)[nH]c3cnc(-c4cccnc4N4CCCC4)cc32)cc1. The summed E-state index contributed by atoms with van der Waals surface area (Å²) in [5.41, 5.74) is 3.13. The number of hydrogen-bond acceptors (Lipinski definition) is 5. The number of halogens is 3. The lowest BCUT2D eigenvalue weighted by Crippen LogP contribution is -2.19. The molecule has 5 aromatic rings. The molecule has 0 atom stereocenters. The molecule has 1 aliphatic heterocycles. The van der Waals surface area contributed by atoms with Gasteiger partial charge in [0.05, 0.1) is 29.5 Å². The first-order valence-electron chi connectivity index (χ1n) is 12.3. The summed E-state index contributed by atoms with van der Waals surface area (Å²) in [7, 11) is 1.53. The molecule has 0 unspecified atom stereocenters. The Balaban J connectivity index is 1.32. The summed E-state index contributed by atoms with van der Waals surface area (Å²) in [5, 5.41) is 0. The maximum atomic E-state index is 13.1. The Morgan fingerprint density at radius 2 is 1.82 bits per heavy atom. The number of fused-ring (bicyclic) bond motifs is 1. The summed E-state index contributed by atoms with van der Waals surface area (Å²) in [6.45, 7) is 2.18. The van der Waals surface area contributed by atoms with Crippen molar-refractivity contribution in [2.75, 3.05) is 18.0 Å². The molecule has 38 heavy (non-hydrogen) atoms. The average molecular weight is 520 g/mol. The van der Waals surface area contributed by atoms with Crippen LogP contribution in [0.3, 0.4) is 0 Å². The average Bonchev–Trinajstić information content (AvgIpc) is 3.64. The van der Waals surface area contributed by atoms with Gasteiger partial charge in [0, 0.05) is 43.7 Å². The van der Waals surface area contributed by atoms with Crippen molar-refractivity contribution in [3.8, 4) is 22.6 Å². The van der Waals surface area contributed by atoms with Gasteiger partial charge in [-0.2, -0.15) is 13.2 Å². The molecule has 11 heteroatoms. The highest BCUT2D eigenvalue weighted by Crippen LogP contribution is 2.32. The minimum absolute atomic E-state index is 0.217. The number of pyridine rings is 2. The fraction of sp³-hybridized carbons (Fsp3) is 0.259. The first-order chi connectivity index (χ1) is 18.3. The molecule has 1 fully saturated rings.